The molecule has 1 spiro atoms. The zero-order valence-electron chi connectivity index (χ0n) is 10.2. The summed E-state index contributed by atoms with van der Waals surface area (Å²) in [6.07, 6.45) is 8.80. The number of nitrogens with two attached hydrogens (primary N) is 1. The normalized spacial score (nSPS) is 51.1. The Bertz CT molecular complexity index is 310. The summed E-state index contributed by atoms with van der Waals surface area (Å²) in [6, 6.07) is 0.397. The SMILES string of the molecule is CC(=O)[C@H]1CCC[C@@]2(C1)[C@H]1CCC(C1)[C@H]2N. The van der Waals surface area contributed by atoms with Crippen molar-refractivity contribution < 1.29 is 4.79 Å². The highest BCUT2D eigenvalue weighted by atomic mass is 16.1. The summed E-state index contributed by atoms with van der Waals surface area (Å²) in [4.78, 5) is 11.6. The fraction of sp³-hybridized carbons (Fsp3) is 0.929. The summed E-state index contributed by atoms with van der Waals surface area (Å²) < 4.78 is 0. The number of rotatable bonds is 1. The molecule has 3 fully saturated rings. The van der Waals surface area contributed by atoms with E-state index in [1.807, 2.05) is 0 Å². The van der Waals surface area contributed by atoms with Gasteiger partial charge in [0, 0.05) is 12.0 Å². The van der Waals surface area contributed by atoms with Crippen LogP contribution < -0.4 is 5.73 Å². The molecule has 0 amide bonds. The monoisotopic (exact) mass is 221 g/mol. The first-order chi connectivity index (χ1) is 7.63. The van der Waals surface area contributed by atoms with Gasteiger partial charge in [-0.1, -0.05) is 6.42 Å². The summed E-state index contributed by atoms with van der Waals surface area (Å²) in [5.74, 6) is 2.33. The lowest BCUT2D eigenvalue weighted by molar-refractivity contribution is -0.124. The quantitative estimate of drug-likeness (QED) is 0.739. The molecule has 5 atom stereocenters. The molecule has 3 saturated carbocycles. The van der Waals surface area contributed by atoms with E-state index in [0.29, 0.717) is 23.2 Å². The summed E-state index contributed by atoms with van der Waals surface area (Å²) in [7, 11) is 0. The van der Waals surface area contributed by atoms with Gasteiger partial charge in [-0.15, -0.1) is 0 Å². The third-order valence-electron chi connectivity index (χ3n) is 5.85. The molecular weight excluding hydrogens is 198 g/mol. The van der Waals surface area contributed by atoms with Gasteiger partial charge in [-0.2, -0.15) is 0 Å². The Morgan fingerprint density at radius 1 is 1.31 bits per heavy atom. The van der Waals surface area contributed by atoms with Crippen molar-refractivity contribution in [3.63, 3.8) is 0 Å². The number of Topliss-reactive ketones (excluding diaryl/α,β-unsaturated/α-hetero) is 1. The van der Waals surface area contributed by atoms with Crippen LogP contribution in [0.15, 0.2) is 0 Å². The van der Waals surface area contributed by atoms with Crippen LogP contribution in [0.3, 0.4) is 0 Å². The van der Waals surface area contributed by atoms with Crippen LogP contribution in [-0.4, -0.2) is 11.8 Å². The lowest BCUT2D eigenvalue weighted by Gasteiger charge is -2.47. The minimum atomic E-state index is 0.319. The lowest BCUT2D eigenvalue weighted by atomic mass is 9.59. The standard InChI is InChI=1S/C14H23NO/c1-9(16)11-3-2-6-14(8-11)12-5-4-10(7-12)13(14)15/h10-13H,2-8,15H2,1H3/t10?,11-,12-,13+,14+/m0/s1. The van der Waals surface area contributed by atoms with Crippen molar-refractivity contribution in [2.24, 2.45) is 28.9 Å². The van der Waals surface area contributed by atoms with Crippen LogP contribution in [0.2, 0.25) is 0 Å². The first-order valence-electron chi connectivity index (χ1n) is 6.89. The Hall–Kier alpha value is -0.370. The van der Waals surface area contributed by atoms with Gasteiger partial charge in [0.2, 0.25) is 0 Å². The van der Waals surface area contributed by atoms with Crippen molar-refractivity contribution >= 4 is 5.78 Å². The van der Waals surface area contributed by atoms with Gasteiger partial charge in [-0.25, -0.2) is 0 Å². The van der Waals surface area contributed by atoms with E-state index >= 15 is 0 Å². The topological polar surface area (TPSA) is 43.1 Å². The van der Waals surface area contributed by atoms with E-state index in [1.54, 1.807) is 6.92 Å². The number of hydrogen-bond acceptors (Lipinski definition) is 2. The second kappa shape index (κ2) is 3.56. The van der Waals surface area contributed by atoms with Crippen LogP contribution in [0, 0.1) is 23.2 Å². The van der Waals surface area contributed by atoms with Gasteiger partial charge in [0.25, 0.3) is 0 Å². The Morgan fingerprint density at radius 2 is 2.12 bits per heavy atom. The molecule has 0 saturated heterocycles. The van der Waals surface area contributed by atoms with Crippen LogP contribution in [0.5, 0.6) is 0 Å². The van der Waals surface area contributed by atoms with Crippen LogP contribution in [0.4, 0.5) is 0 Å². The average Bonchev–Trinajstić information content (AvgIpc) is 2.84. The summed E-state index contributed by atoms with van der Waals surface area (Å²) >= 11 is 0. The molecule has 0 heterocycles. The van der Waals surface area contributed by atoms with Gasteiger partial charge in [0.1, 0.15) is 5.78 Å². The van der Waals surface area contributed by atoms with Gasteiger partial charge in [-0.3, -0.25) is 4.79 Å². The predicted octanol–water partition coefficient (Wildman–Crippen LogP) is 2.51. The molecule has 0 aromatic rings. The fourth-order valence-corrected chi connectivity index (χ4v) is 4.97. The van der Waals surface area contributed by atoms with Crippen molar-refractivity contribution in [2.45, 2.75) is 57.9 Å². The van der Waals surface area contributed by atoms with Crippen LogP contribution in [0.1, 0.15) is 51.9 Å². The van der Waals surface area contributed by atoms with Gasteiger partial charge in [-0.05, 0) is 62.7 Å². The molecule has 0 radical (unpaired) electrons. The first-order valence-corrected chi connectivity index (χ1v) is 6.89. The molecule has 3 rings (SSSR count). The predicted molar refractivity (Wildman–Crippen MR) is 63.9 cm³/mol. The zero-order valence-corrected chi connectivity index (χ0v) is 10.2. The molecule has 0 aliphatic heterocycles. The first kappa shape index (κ1) is 10.8. The molecule has 0 aromatic heterocycles. The third-order valence-corrected chi connectivity index (χ3v) is 5.85. The Kier molecular flexibility index (Phi) is 2.39. The molecule has 0 aromatic carbocycles. The van der Waals surface area contributed by atoms with Crippen molar-refractivity contribution in [2.75, 3.05) is 0 Å². The highest BCUT2D eigenvalue weighted by Gasteiger charge is 2.57. The molecular formula is C14H23NO. The van der Waals surface area contributed by atoms with Gasteiger partial charge >= 0.3 is 0 Å². The maximum absolute atomic E-state index is 11.6. The Balaban J connectivity index is 1.85. The van der Waals surface area contributed by atoms with E-state index in [1.165, 1.54) is 32.1 Å². The molecule has 3 aliphatic rings. The molecule has 3 aliphatic carbocycles. The second-order valence-electron chi connectivity index (χ2n) is 6.43. The summed E-state index contributed by atoms with van der Waals surface area (Å²) in [5, 5.41) is 0. The van der Waals surface area contributed by atoms with Crippen molar-refractivity contribution in [1.29, 1.82) is 0 Å². The van der Waals surface area contributed by atoms with E-state index in [9.17, 15) is 4.79 Å². The molecule has 90 valence electrons. The molecule has 1 unspecified atom stereocenters. The van der Waals surface area contributed by atoms with E-state index in [-0.39, 0.29) is 0 Å². The van der Waals surface area contributed by atoms with Crippen LogP contribution in [0.25, 0.3) is 0 Å². The van der Waals surface area contributed by atoms with Gasteiger partial charge in [0.15, 0.2) is 0 Å². The number of ketones is 1. The minimum Gasteiger partial charge on any atom is -0.327 e. The number of hydrogen-bond donors (Lipinski definition) is 1. The van der Waals surface area contributed by atoms with E-state index in [4.69, 9.17) is 5.73 Å². The van der Waals surface area contributed by atoms with E-state index < -0.39 is 0 Å². The summed E-state index contributed by atoms with van der Waals surface area (Å²) in [5.41, 5.74) is 6.84. The smallest absolute Gasteiger partial charge is 0.132 e. The van der Waals surface area contributed by atoms with E-state index in [2.05, 4.69) is 0 Å². The fourth-order valence-electron chi connectivity index (χ4n) is 4.97. The Morgan fingerprint density at radius 3 is 2.75 bits per heavy atom. The average molecular weight is 221 g/mol. The molecule has 2 N–H and O–H groups in total. The zero-order chi connectivity index (χ0) is 11.3. The van der Waals surface area contributed by atoms with Gasteiger partial charge < -0.3 is 5.73 Å². The van der Waals surface area contributed by atoms with Crippen molar-refractivity contribution in [3.05, 3.63) is 0 Å². The van der Waals surface area contributed by atoms with E-state index in [0.717, 1.165) is 24.7 Å². The summed E-state index contributed by atoms with van der Waals surface area (Å²) in [6.45, 7) is 1.77. The van der Waals surface area contributed by atoms with Crippen LogP contribution >= 0.6 is 0 Å². The van der Waals surface area contributed by atoms with Gasteiger partial charge in [0.05, 0.1) is 0 Å². The van der Waals surface area contributed by atoms with Crippen molar-refractivity contribution in [3.8, 4) is 0 Å². The van der Waals surface area contributed by atoms with Crippen molar-refractivity contribution in [1.82, 2.24) is 0 Å². The second-order valence-corrected chi connectivity index (χ2v) is 6.43. The molecule has 2 nitrogen and oxygen atoms in total. The Labute approximate surface area is 98.0 Å². The highest BCUT2D eigenvalue weighted by molar-refractivity contribution is 5.78. The molecule has 16 heavy (non-hydrogen) atoms. The largest absolute Gasteiger partial charge is 0.327 e. The number of carbonyl (C=O) groups is 1. The minimum absolute atomic E-state index is 0.319. The third kappa shape index (κ3) is 1.32. The maximum atomic E-state index is 11.6. The molecule has 2 heteroatoms. The number of fused-ring (bicyclic) bond motifs is 3. The maximum Gasteiger partial charge on any atom is 0.132 e. The van der Waals surface area contributed by atoms with Crippen LogP contribution in [-0.2, 0) is 4.79 Å². The highest BCUT2D eigenvalue weighted by Crippen LogP contribution is 2.61. The lowest BCUT2D eigenvalue weighted by Crippen LogP contribution is -2.49. The number of carbonyl (C=O) groups excluding carboxylic acids is 1. The molecule has 2 bridgehead atoms.